The molecule has 0 heterocycles. The Kier molecular flexibility index (Phi) is 6.60. The summed E-state index contributed by atoms with van der Waals surface area (Å²) in [6.07, 6.45) is 0. The molecule has 1 rings (SSSR count). The second-order valence-electron chi connectivity index (χ2n) is 3.67. The molecule has 0 saturated carbocycles. The third-order valence-electron chi connectivity index (χ3n) is 2.34. The minimum absolute atomic E-state index is 0.0961. The number of hydrogen-bond acceptors (Lipinski definition) is 5. The molecule has 0 spiro atoms. The zero-order chi connectivity index (χ0) is 14.1. The SMILES string of the molecule is CCOCCOC(=O)c1ccc(C(=N)OCC)cc1. The number of carbonyl (C=O) groups excluding carboxylic acids is 1. The first-order valence-electron chi connectivity index (χ1n) is 6.25. The fourth-order valence-electron chi connectivity index (χ4n) is 1.41. The lowest BCUT2D eigenvalue weighted by atomic mass is 10.1. The largest absolute Gasteiger partial charge is 0.478 e. The first kappa shape index (κ1) is 15.2. The van der Waals surface area contributed by atoms with Gasteiger partial charge in [0.2, 0.25) is 5.90 Å². The van der Waals surface area contributed by atoms with Gasteiger partial charge in [0.05, 0.1) is 18.8 Å². The first-order chi connectivity index (χ1) is 9.19. The number of nitrogens with one attached hydrogen (secondary N) is 1. The van der Waals surface area contributed by atoms with Crippen LogP contribution in [0.2, 0.25) is 0 Å². The van der Waals surface area contributed by atoms with Gasteiger partial charge in [-0.3, -0.25) is 5.41 Å². The van der Waals surface area contributed by atoms with Crippen molar-refractivity contribution in [2.45, 2.75) is 13.8 Å². The van der Waals surface area contributed by atoms with Crippen LogP contribution in [0.15, 0.2) is 24.3 Å². The lowest BCUT2D eigenvalue weighted by Crippen LogP contribution is -2.11. The van der Waals surface area contributed by atoms with E-state index in [0.29, 0.717) is 30.9 Å². The number of rotatable bonds is 7. The van der Waals surface area contributed by atoms with Crippen molar-refractivity contribution in [3.63, 3.8) is 0 Å². The van der Waals surface area contributed by atoms with E-state index < -0.39 is 5.97 Å². The van der Waals surface area contributed by atoms with Gasteiger partial charge in [0.15, 0.2) is 0 Å². The van der Waals surface area contributed by atoms with E-state index in [9.17, 15) is 4.79 Å². The normalized spacial score (nSPS) is 10.0. The maximum Gasteiger partial charge on any atom is 0.338 e. The molecule has 0 aliphatic rings. The van der Waals surface area contributed by atoms with Crippen LogP contribution in [-0.4, -0.2) is 38.3 Å². The molecule has 0 fully saturated rings. The molecular formula is C14H19NO4. The maximum absolute atomic E-state index is 11.7. The van der Waals surface area contributed by atoms with E-state index in [1.165, 1.54) is 0 Å². The van der Waals surface area contributed by atoms with Crippen LogP contribution in [0.5, 0.6) is 0 Å². The Balaban J connectivity index is 2.51. The van der Waals surface area contributed by atoms with Crippen molar-refractivity contribution < 1.29 is 19.0 Å². The summed E-state index contributed by atoms with van der Waals surface area (Å²) < 4.78 is 15.2. The molecule has 0 amide bonds. The van der Waals surface area contributed by atoms with Gasteiger partial charge in [0, 0.05) is 12.2 Å². The average molecular weight is 265 g/mol. The van der Waals surface area contributed by atoms with Crippen molar-refractivity contribution in [1.82, 2.24) is 0 Å². The fourth-order valence-corrected chi connectivity index (χ4v) is 1.41. The van der Waals surface area contributed by atoms with Crippen LogP contribution in [0.3, 0.4) is 0 Å². The van der Waals surface area contributed by atoms with Crippen LogP contribution >= 0.6 is 0 Å². The molecule has 5 nitrogen and oxygen atoms in total. The lowest BCUT2D eigenvalue weighted by Gasteiger charge is -2.07. The second-order valence-corrected chi connectivity index (χ2v) is 3.67. The molecule has 19 heavy (non-hydrogen) atoms. The van der Waals surface area contributed by atoms with E-state index >= 15 is 0 Å². The Morgan fingerprint density at radius 3 is 2.21 bits per heavy atom. The summed E-state index contributed by atoms with van der Waals surface area (Å²) in [7, 11) is 0. The topological polar surface area (TPSA) is 68.6 Å². The molecule has 0 unspecified atom stereocenters. The monoisotopic (exact) mass is 265 g/mol. The lowest BCUT2D eigenvalue weighted by molar-refractivity contribution is 0.0335. The Hall–Kier alpha value is -1.88. The zero-order valence-corrected chi connectivity index (χ0v) is 11.3. The quantitative estimate of drug-likeness (QED) is 0.355. The molecule has 5 heteroatoms. The van der Waals surface area contributed by atoms with Crippen molar-refractivity contribution in [3.8, 4) is 0 Å². The third-order valence-corrected chi connectivity index (χ3v) is 2.34. The van der Waals surface area contributed by atoms with Crippen LogP contribution in [0, 0.1) is 5.41 Å². The minimum atomic E-state index is -0.394. The number of hydrogen-bond donors (Lipinski definition) is 1. The van der Waals surface area contributed by atoms with Crippen molar-refractivity contribution in [3.05, 3.63) is 35.4 Å². The van der Waals surface area contributed by atoms with Gasteiger partial charge < -0.3 is 14.2 Å². The smallest absolute Gasteiger partial charge is 0.338 e. The minimum Gasteiger partial charge on any atom is -0.478 e. The predicted molar refractivity (Wildman–Crippen MR) is 71.7 cm³/mol. The molecule has 104 valence electrons. The van der Waals surface area contributed by atoms with Crippen molar-refractivity contribution in [1.29, 1.82) is 5.41 Å². The first-order valence-corrected chi connectivity index (χ1v) is 6.25. The van der Waals surface area contributed by atoms with Crippen LogP contribution in [0.25, 0.3) is 0 Å². The van der Waals surface area contributed by atoms with E-state index in [0.717, 1.165) is 0 Å². The molecule has 0 atom stereocenters. The highest BCUT2D eigenvalue weighted by atomic mass is 16.6. The van der Waals surface area contributed by atoms with E-state index in [1.54, 1.807) is 24.3 Å². The van der Waals surface area contributed by atoms with E-state index in [-0.39, 0.29) is 12.5 Å². The van der Waals surface area contributed by atoms with Gasteiger partial charge in [0.25, 0.3) is 0 Å². The molecule has 0 aromatic heterocycles. The Morgan fingerprint density at radius 1 is 1.00 bits per heavy atom. The van der Waals surface area contributed by atoms with Gasteiger partial charge in [-0.25, -0.2) is 4.79 Å². The van der Waals surface area contributed by atoms with Crippen molar-refractivity contribution in [2.24, 2.45) is 0 Å². The summed E-state index contributed by atoms with van der Waals surface area (Å²) in [4.78, 5) is 11.7. The van der Waals surface area contributed by atoms with Crippen LogP contribution < -0.4 is 0 Å². The molecule has 0 radical (unpaired) electrons. The van der Waals surface area contributed by atoms with E-state index in [4.69, 9.17) is 19.6 Å². The van der Waals surface area contributed by atoms with Crippen LogP contribution in [-0.2, 0) is 14.2 Å². The van der Waals surface area contributed by atoms with Gasteiger partial charge in [0.1, 0.15) is 6.61 Å². The zero-order valence-electron chi connectivity index (χ0n) is 11.3. The van der Waals surface area contributed by atoms with Crippen LogP contribution in [0.1, 0.15) is 29.8 Å². The Labute approximate surface area is 113 Å². The summed E-state index contributed by atoms with van der Waals surface area (Å²) in [5.74, 6) is -0.298. The fraction of sp³-hybridized carbons (Fsp3) is 0.429. The number of carbonyl (C=O) groups is 1. The molecule has 0 bridgehead atoms. The predicted octanol–water partition coefficient (Wildman–Crippen LogP) is 2.24. The molecule has 0 saturated heterocycles. The van der Waals surface area contributed by atoms with Gasteiger partial charge >= 0.3 is 5.97 Å². The maximum atomic E-state index is 11.7. The van der Waals surface area contributed by atoms with Gasteiger partial charge in [-0.1, -0.05) is 0 Å². The Morgan fingerprint density at radius 2 is 1.63 bits per heavy atom. The van der Waals surface area contributed by atoms with E-state index in [2.05, 4.69) is 0 Å². The highest BCUT2D eigenvalue weighted by Gasteiger charge is 2.08. The van der Waals surface area contributed by atoms with Crippen molar-refractivity contribution >= 4 is 11.9 Å². The van der Waals surface area contributed by atoms with Gasteiger partial charge in [-0.05, 0) is 38.1 Å². The summed E-state index contributed by atoms with van der Waals surface area (Å²) >= 11 is 0. The summed E-state index contributed by atoms with van der Waals surface area (Å²) in [5.41, 5.74) is 1.08. The van der Waals surface area contributed by atoms with Crippen LogP contribution in [0.4, 0.5) is 0 Å². The molecule has 1 N–H and O–H groups in total. The number of benzene rings is 1. The molecule has 1 aromatic rings. The standard InChI is InChI=1S/C14H19NO4/c1-3-17-9-10-19-14(16)12-7-5-11(6-8-12)13(15)18-4-2/h5-8,15H,3-4,9-10H2,1-2H3. The second kappa shape index (κ2) is 8.26. The Bertz CT molecular complexity index is 414. The number of ether oxygens (including phenoxy) is 3. The molecule has 0 aliphatic heterocycles. The van der Waals surface area contributed by atoms with Crippen molar-refractivity contribution in [2.75, 3.05) is 26.4 Å². The summed E-state index contributed by atoms with van der Waals surface area (Å²) in [6.45, 7) is 5.39. The third kappa shape index (κ3) is 5.09. The highest BCUT2D eigenvalue weighted by Crippen LogP contribution is 2.07. The molecule has 1 aromatic carbocycles. The summed E-state index contributed by atoms with van der Waals surface area (Å²) in [5, 5.41) is 7.61. The van der Waals surface area contributed by atoms with Gasteiger partial charge in [-0.15, -0.1) is 0 Å². The average Bonchev–Trinajstić information content (AvgIpc) is 2.44. The summed E-state index contributed by atoms with van der Waals surface area (Å²) in [6, 6.07) is 6.56. The highest BCUT2D eigenvalue weighted by molar-refractivity contribution is 5.94. The number of esters is 1. The molecule has 0 aliphatic carbocycles. The van der Waals surface area contributed by atoms with Gasteiger partial charge in [-0.2, -0.15) is 0 Å². The van der Waals surface area contributed by atoms with E-state index in [1.807, 2.05) is 13.8 Å². The molecular weight excluding hydrogens is 246 g/mol.